The molecule has 3 heterocycles. The van der Waals surface area contributed by atoms with E-state index in [-0.39, 0.29) is 6.04 Å². The summed E-state index contributed by atoms with van der Waals surface area (Å²) in [5.41, 5.74) is 1.94. The van der Waals surface area contributed by atoms with Crippen LogP contribution in [0.2, 0.25) is 0 Å². The molecular weight excluding hydrogens is 282 g/mol. The van der Waals surface area contributed by atoms with E-state index in [9.17, 15) is 0 Å². The Balaban J connectivity index is 1.76. The van der Waals surface area contributed by atoms with Crippen LogP contribution in [0.25, 0.3) is 5.70 Å². The number of fused-ring (bicyclic) bond motifs is 1. The number of nitrogens with zero attached hydrogens (tertiary/aromatic N) is 4. The number of hydrogen-bond acceptors (Lipinski definition) is 6. The van der Waals surface area contributed by atoms with E-state index in [0.717, 1.165) is 22.8 Å². The molecule has 1 aromatic carbocycles. The van der Waals surface area contributed by atoms with Crippen LogP contribution in [0.4, 0.5) is 5.95 Å². The Labute approximate surface area is 126 Å². The van der Waals surface area contributed by atoms with Gasteiger partial charge in [0.2, 0.25) is 5.95 Å². The fourth-order valence-corrected chi connectivity index (χ4v) is 2.46. The molecule has 0 saturated heterocycles. The van der Waals surface area contributed by atoms with Gasteiger partial charge < -0.3 is 14.5 Å². The van der Waals surface area contributed by atoms with E-state index in [2.05, 4.69) is 20.8 Å². The highest BCUT2D eigenvalue weighted by atomic mass is 16.5. The molecule has 1 atom stereocenters. The first-order valence-electron chi connectivity index (χ1n) is 6.80. The Morgan fingerprint density at radius 1 is 1.23 bits per heavy atom. The quantitative estimate of drug-likeness (QED) is 0.799. The van der Waals surface area contributed by atoms with Gasteiger partial charge in [0, 0.05) is 5.70 Å². The maximum atomic E-state index is 5.51. The number of ether oxygens (including phenoxy) is 1. The van der Waals surface area contributed by atoms with Gasteiger partial charge in [-0.05, 0) is 58.5 Å². The maximum Gasteiger partial charge on any atom is 0.248 e. The number of benzene rings is 1. The molecule has 7 heteroatoms. The zero-order valence-electron chi connectivity index (χ0n) is 11.8. The Morgan fingerprint density at radius 2 is 2.09 bits per heavy atom. The van der Waals surface area contributed by atoms with Crippen molar-refractivity contribution in [1.82, 2.24) is 20.2 Å². The molecule has 4 rings (SSSR count). The first-order valence-corrected chi connectivity index (χ1v) is 6.80. The number of hydrogen-bond donors (Lipinski definition) is 1. The van der Waals surface area contributed by atoms with Crippen LogP contribution in [0, 0.1) is 0 Å². The first-order chi connectivity index (χ1) is 10.8. The summed E-state index contributed by atoms with van der Waals surface area (Å²) in [5.74, 6) is 2.17. The highest BCUT2D eigenvalue weighted by Crippen LogP contribution is 2.32. The van der Waals surface area contributed by atoms with Crippen molar-refractivity contribution in [3.63, 3.8) is 0 Å². The smallest absolute Gasteiger partial charge is 0.248 e. The van der Waals surface area contributed by atoms with E-state index in [0.29, 0.717) is 5.95 Å². The summed E-state index contributed by atoms with van der Waals surface area (Å²) in [4.78, 5) is 0. The van der Waals surface area contributed by atoms with E-state index in [1.54, 1.807) is 18.1 Å². The molecule has 22 heavy (non-hydrogen) atoms. The van der Waals surface area contributed by atoms with Crippen LogP contribution in [0.3, 0.4) is 0 Å². The summed E-state index contributed by atoms with van der Waals surface area (Å²) in [6.45, 7) is 0. The Bertz CT molecular complexity index is 805. The van der Waals surface area contributed by atoms with Gasteiger partial charge in [-0.1, -0.05) is 5.10 Å². The van der Waals surface area contributed by atoms with Crippen molar-refractivity contribution in [2.75, 3.05) is 12.4 Å². The van der Waals surface area contributed by atoms with E-state index < -0.39 is 0 Å². The van der Waals surface area contributed by atoms with Crippen LogP contribution in [-0.4, -0.2) is 27.3 Å². The van der Waals surface area contributed by atoms with Gasteiger partial charge in [-0.3, -0.25) is 0 Å². The summed E-state index contributed by atoms with van der Waals surface area (Å²) in [6.07, 6.45) is 3.67. The van der Waals surface area contributed by atoms with E-state index in [4.69, 9.17) is 9.15 Å². The lowest BCUT2D eigenvalue weighted by molar-refractivity contribution is 0.415. The molecule has 3 aromatic rings. The summed E-state index contributed by atoms with van der Waals surface area (Å²) in [5, 5.41) is 15.0. The average molecular weight is 295 g/mol. The van der Waals surface area contributed by atoms with Gasteiger partial charge in [0.05, 0.1) is 13.4 Å². The van der Waals surface area contributed by atoms with Crippen LogP contribution in [-0.2, 0) is 0 Å². The minimum absolute atomic E-state index is 0.182. The molecule has 0 bridgehead atoms. The van der Waals surface area contributed by atoms with Gasteiger partial charge in [-0.2, -0.15) is 4.68 Å². The largest absolute Gasteiger partial charge is 0.497 e. The van der Waals surface area contributed by atoms with Crippen LogP contribution < -0.4 is 10.1 Å². The molecule has 1 unspecified atom stereocenters. The fourth-order valence-electron chi connectivity index (χ4n) is 2.46. The third-order valence-corrected chi connectivity index (χ3v) is 3.56. The van der Waals surface area contributed by atoms with Gasteiger partial charge in [0.15, 0.2) is 0 Å². The van der Waals surface area contributed by atoms with E-state index in [1.807, 2.05) is 42.5 Å². The van der Waals surface area contributed by atoms with Crippen molar-refractivity contribution < 1.29 is 9.15 Å². The third kappa shape index (κ3) is 2.03. The second-order valence-electron chi connectivity index (χ2n) is 4.84. The number of aromatic nitrogens is 4. The Hall–Kier alpha value is -3.09. The molecule has 0 fully saturated rings. The normalized spacial score (nSPS) is 16.6. The summed E-state index contributed by atoms with van der Waals surface area (Å²) in [7, 11) is 1.65. The van der Waals surface area contributed by atoms with E-state index >= 15 is 0 Å². The van der Waals surface area contributed by atoms with Gasteiger partial charge in [-0.15, -0.1) is 0 Å². The molecule has 7 nitrogen and oxygen atoms in total. The monoisotopic (exact) mass is 295 g/mol. The standard InChI is InChI=1S/C15H13N5O2/c1-21-11-6-4-10(5-7-11)12-9-13(14-3-2-8-22-14)20-15(16-12)17-18-19-20/h2-9,13H,1H3,(H,16,17,19). The topological polar surface area (TPSA) is 78.0 Å². The molecular formula is C15H13N5O2. The fraction of sp³-hybridized carbons (Fsp3) is 0.133. The minimum atomic E-state index is -0.182. The number of nitrogens with one attached hydrogen (secondary N) is 1. The number of furan rings is 1. The maximum absolute atomic E-state index is 5.51. The van der Waals surface area contributed by atoms with Crippen molar-refractivity contribution in [3.8, 4) is 5.75 Å². The van der Waals surface area contributed by atoms with Gasteiger partial charge in [0.1, 0.15) is 17.6 Å². The first kappa shape index (κ1) is 12.6. The molecule has 0 aliphatic carbocycles. The molecule has 2 aromatic heterocycles. The second-order valence-corrected chi connectivity index (χ2v) is 4.84. The molecule has 1 aliphatic heterocycles. The van der Waals surface area contributed by atoms with E-state index in [1.165, 1.54) is 0 Å². The highest BCUT2D eigenvalue weighted by Gasteiger charge is 2.25. The average Bonchev–Trinajstić information content (AvgIpc) is 3.25. The molecule has 110 valence electrons. The highest BCUT2D eigenvalue weighted by molar-refractivity contribution is 5.77. The lowest BCUT2D eigenvalue weighted by Crippen LogP contribution is -2.19. The van der Waals surface area contributed by atoms with Gasteiger partial charge >= 0.3 is 0 Å². The predicted octanol–water partition coefficient (Wildman–Crippen LogP) is 2.33. The van der Waals surface area contributed by atoms with Crippen molar-refractivity contribution in [1.29, 1.82) is 0 Å². The number of tetrazole rings is 1. The third-order valence-electron chi connectivity index (χ3n) is 3.56. The zero-order chi connectivity index (χ0) is 14.9. The molecule has 0 radical (unpaired) electrons. The Morgan fingerprint density at radius 3 is 2.82 bits per heavy atom. The van der Waals surface area contributed by atoms with Crippen LogP contribution in [0.5, 0.6) is 5.75 Å². The number of allylic oxidation sites excluding steroid dienone is 1. The lowest BCUT2D eigenvalue weighted by Gasteiger charge is -2.21. The van der Waals surface area contributed by atoms with Crippen LogP contribution in [0.1, 0.15) is 17.4 Å². The predicted molar refractivity (Wildman–Crippen MR) is 79.3 cm³/mol. The minimum Gasteiger partial charge on any atom is -0.497 e. The lowest BCUT2D eigenvalue weighted by atomic mass is 10.1. The molecule has 0 amide bonds. The van der Waals surface area contributed by atoms with Crippen molar-refractivity contribution in [2.24, 2.45) is 0 Å². The number of anilines is 1. The van der Waals surface area contributed by atoms with Crippen molar-refractivity contribution in [3.05, 3.63) is 60.1 Å². The van der Waals surface area contributed by atoms with Crippen molar-refractivity contribution in [2.45, 2.75) is 6.04 Å². The van der Waals surface area contributed by atoms with Crippen molar-refractivity contribution >= 4 is 11.6 Å². The molecule has 0 spiro atoms. The Kier molecular flexibility index (Phi) is 2.89. The van der Waals surface area contributed by atoms with Crippen LogP contribution in [0.15, 0.2) is 53.2 Å². The molecule has 1 N–H and O–H groups in total. The van der Waals surface area contributed by atoms with Gasteiger partial charge in [-0.25, -0.2) is 0 Å². The van der Waals surface area contributed by atoms with Gasteiger partial charge in [0.25, 0.3) is 0 Å². The van der Waals surface area contributed by atoms with Crippen LogP contribution >= 0.6 is 0 Å². The summed E-state index contributed by atoms with van der Waals surface area (Å²) < 4.78 is 12.4. The summed E-state index contributed by atoms with van der Waals surface area (Å²) >= 11 is 0. The molecule has 1 aliphatic rings. The summed E-state index contributed by atoms with van der Waals surface area (Å²) in [6, 6.07) is 11.4. The zero-order valence-corrected chi connectivity index (χ0v) is 11.8. The number of methoxy groups -OCH3 is 1. The number of rotatable bonds is 3. The second kappa shape index (κ2) is 5.03. The SMILES string of the molecule is COc1ccc(C2=CC(c3ccco3)n3nnnc3N2)cc1. The molecule has 0 saturated carbocycles.